The molecule has 1 unspecified atom stereocenters. The molecule has 1 atom stereocenters. The predicted molar refractivity (Wildman–Crippen MR) is 173 cm³/mol. The van der Waals surface area contributed by atoms with Crippen molar-refractivity contribution in [2.45, 2.75) is 70.8 Å². The Bertz CT molecular complexity index is 1570. The first kappa shape index (κ1) is 30.4. The zero-order valence-corrected chi connectivity index (χ0v) is 25.9. The van der Waals surface area contributed by atoms with Crippen LogP contribution in [0.1, 0.15) is 85.8 Å². The Morgan fingerprint density at radius 3 is 2.40 bits per heavy atom. The van der Waals surface area contributed by atoms with Crippen LogP contribution in [0.4, 0.5) is 0 Å². The van der Waals surface area contributed by atoms with E-state index in [9.17, 15) is 14.9 Å². The largest absolute Gasteiger partial charge is 0.489 e. The highest BCUT2D eigenvalue weighted by Gasteiger charge is 2.37. The fraction of sp³-hybridized carbons (Fsp3) is 0.324. The summed E-state index contributed by atoms with van der Waals surface area (Å²) in [6.45, 7) is 6.95. The van der Waals surface area contributed by atoms with Crippen LogP contribution in [0.15, 0.2) is 101 Å². The summed E-state index contributed by atoms with van der Waals surface area (Å²) >= 11 is 1.56. The zero-order valence-electron chi connectivity index (χ0n) is 25.1. The molecule has 1 aliphatic heterocycles. The first-order valence-corrected chi connectivity index (χ1v) is 15.9. The number of carbonyl (C=O) groups is 2. The molecule has 0 saturated heterocycles. The molecule has 0 radical (unpaired) electrons. The summed E-state index contributed by atoms with van der Waals surface area (Å²) in [5.41, 5.74) is 6.16. The highest BCUT2D eigenvalue weighted by molar-refractivity contribution is 8.03. The molecule has 220 valence electrons. The van der Waals surface area contributed by atoms with Gasteiger partial charge in [-0.15, -0.1) is 11.8 Å². The van der Waals surface area contributed by atoms with E-state index in [1.54, 1.807) is 11.8 Å². The standard InChI is InChI=1S/C37H38N2O3S/c1-37(2,3)28-18-14-26(15-19-28)32(40)13-8-22-43-36-30(23-38)34(35-31(39-36)11-7-12-33(35)41)27-16-20-29(21-17-27)42-24-25-9-5-4-6-10-25/h4-6,9-10,14-21,34,39H,7-8,11-13,22,24H2,1-3H3. The number of ketones is 2. The average Bonchev–Trinajstić information content (AvgIpc) is 3.02. The van der Waals surface area contributed by atoms with Crippen LogP contribution in [-0.2, 0) is 16.8 Å². The Kier molecular flexibility index (Phi) is 9.52. The summed E-state index contributed by atoms with van der Waals surface area (Å²) in [5.74, 6) is 1.24. The molecule has 1 aliphatic carbocycles. The second-order valence-electron chi connectivity index (χ2n) is 12.1. The molecule has 3 aromatic rings. The molecule has 0 bridgehead atoms. The Morgan fingerprint density at radius 2 is 1.72 bits per heavy atom. The van der Waals surface area contributed by atoms with Gasteiger partial charge < -0.3 is 10.1 Å². The van der Waals surface area contributed by atoms with Gasteiger partial charge in [-0.05, 0) is 59.3 Å². The molecule has 0 fully saturated rings. The van der Waals surface area contributed by atoms with E-state index in [-0.39, 0.29) is 17.0 Å². The minimum Gasteiger partial charge on any atom is -0.489 e. The van der Waals surface area contributed by atoms with E-state index in [4.69, 9.17) is 4.74 Å². The molecule has 0 amide bonds. The van der Waals surface area contributed by atoms with Gasteiger partial charge in [0.1, 0.15) is 12.4 Å². The van der Waals surface area contributed by atoms with Gasteiger partial charge in [0.2, 0.25) is 0 Å². The van der Waals surface area contributed by atoms with Gasteiger partial charge in [0.25, 0.3) is 0 Å². The lowest BCUT2D eigenvalue weighted by molar-refractivity contribution is -0.116. The van der Waals surface area contributed by atoms with Gasteiger partial charge in [0, 0.05) is 29.7 Å². The molecule has 5 rings (SSSR count). The number of nitrogens with one attached hydrogen (secondary N) is 1. The zero-order chi connectivity index (χ0) is 30.4. The third-order valence-electron chi connectivity index (χ3n) is 7.99. The van der Waals surface area contributed by atoms with E-state index < -0.39 is 5.92 Å². The Hall–Kier alpha value is -4.08. The molecule has 1 heterocycles. The normalized spacial score (nSPS) is 16.8. The van der Waals surface area contributed by atoms with Crippen molar-refractivity contribution in [2.24, 2.45) is 0 Å². The van der Waals surface area contributed by atoms with E-state index in [1.807, 2.05) is 78.9 Å². The number of carbonyl (C=O) groups excluding carboxylic acids is 2. The van der Waals surface area contributed by atoms with Crippen LogP contribution >= 0.6 is 11.8 Å². The number of nitriles is 1. The lowest BCUT2D eigenvalue weighted by atomic mass is 9.77. The topological polar surface area (TPSA) is 79.2 Å². The molecule has 5 nitrogen and oxygen atoms in total. The summed E-state index contributed by atoms with van der Waals surface area (Å²) < 4.78 is 5.97. The summed E-state index contributed by atoms with van der Waals surface area (Å²) in [4.78, 5) is 26.0. The number of Topliss-reactive ketones (excluding diaryl/α,β-unsaturated/α-hetero) is 2. The summed E-state index contributed by atoms with van der Waals surface area (Å²) in [7, 11) is 0. The van der Waals surface area contributed by atoms with Crippen LogP contribution in [-0.4, -0.2) is 17.3 Å². The maximum absolute atomic E-state index is 13.2. The number of hydrogen-bond acceptors (Lipinski definition) is 6. The smallest absolute Gasteiger partial charge is 0.162 e. The van der Waals surface area contributed by atoms with Gasteiger partial charge in [-0.2, -0.15) is 5.26 Å². The summed E-state index contributed by atoms with van der Waals surface area (Å²) in [6, 6.07) is 28.1. The second kappa shape index (κ2) is 13.5. The minimum absolute atomic E-state index is 0.0473. The van der Waals surface area contributed by atoms with Crippen molar-refractivity contribution in [1.29, 1.82) is 5.26 Å². The number of ether oxygens (including phenoxy) is 1. The van der Waals surface area contributed by atoms with Crippen LogP contribution < -0.4 is 10.1 Å². The number of nitrogens with zero attached hydrogens (tertiary/aromatic N) is 1. The molecule has 0 saturated carbocycles. The van der Waals surface area contributed by atoms with Crippen LogP contribution in [0.3, 0.4) is 0 Å². The van der Waals surface area contributed by atoms with Gasteiger partial charge in [0.05, 0.1) is 22.6 Å². The van der Waals surface area contributed by atoms with Crippen molar-refractivity contribution < 1.29 is 14.3 Å². The van der Waals surface area contributed by atoms with Gasteiger partial charge in [-0.25, -0.2) is 0 Å². The van der Waals surface area contributed by atoms with Crippen LogP contribution in [0, 0.1) is 11.3 Å². The van der Waals surface area contributed by atoms with Crippen molar-refractivity contribution in [3.63, 3.8) is 0 Å². The van der Waals surface area contributed by atoms with Crippen LogP contribution in [0.2, 0.25) is 0 Å². The van der Waals surface area contributed by atoms with E-state index in [2.05, 4.69) is 32.2 Å². The second-order valence-corrected chi connectivity index (χ2v) is 13.2. The average molecular weight is 591 g/mol. The number of allylic oxidation sites excluding steroid dienone is 3. The predicted octanol–water partition coefficient (Wildman–Crippen LogP) is 8.39. The molecular weight excluding hydrogens is 552 g/mol. The Labute approximate surface area is 259 Å². The molecule has 6 heteroatoms. The quantitative estimate of drug-likeness (QED) is 0.189. The molecule has 3 aromatic carbocycles. The molecule has 43 heavy (non-hydrogen) atoms. The SMILES string of the molecule is CC(C)(C)c1ccc(C(=O)CCCSC2=C(C#N)C(c3ccc(OCc4ccccc4)cc3)C3=C(CCCC3=O)N2)cc1. The number of dihydropyridines is 1. The summed E-state index contributed by atoms with van der Waals surface area (Å²) in [5, 5.41) is 14.6. The van der Waals surface area contributed by atoms with Gasteiger partial charge in [-0.1, -0.05) is 87.5 Å². The molecule has 2 aliphatic rings. The summed E-state index contributed by atoms with van der Waals surface area (Å²) in [6.07, 6.45) is 3.21. The van der Waals surface area contributed by atoms with E-state index in [0.717, 1.165) is 46.0 Å². The molecule has 0 aromatic heterocycles. The fourth-order valence-electron chi connectivity index (χ4n) is 5.58. The first-order chi connectivity index (χ1) is 20.7. The van der Waals surface area contributed by atoms with Crippen molar-refractivity contribution >= 4 is 23.3 Å². The van der Waals surface area contributed by atoms with Crippen LogP contribution in [0.5, 0.6) is 5.75 Å². The first-order valence-electron chi connectivity index (χ1n) is 15.0. The Morgan fingerprint density at radius 1 is 1.00 bits per heavy atom. The number of benzene rings is 3. The van der Waals surface area contributed by atoms with E-state index in [0.29, 0.717) is 42.8 Å². The number of thioether (sulfide) groups is 1. The number of rotatable bonds is 10. The molecular formula is C37H38N2O3S. The van der Waals surface area contributed by atoms with Crippen molar-refractivity contribution in [3.8, 4) is 11.8 Å². The highest BCUT2D eigenvalue weighted by Crippen LogP contribution is 2.44. The molecule has 1 N–H and O–H groups in total. The lowest BCUT2D eigenvalue weighted by Gasteiger charge is -2.33. The maximum Gasteiger partial charge on any atom is 0.162 e. The minimum atomic E-state index is -0.414. The highest BCUT2D eigenvalue weighted by atomic mass is 32.2. The van der Waals surface area contributed by atoms with Crippen molar-refractivity contribution in [1.82, 2.24) is 5.32 Å². The third-order valence-corrected chi connectivity index (χ3v) is 9.10. The van der Waals surface area contributed by atoms with Gasteiger partial charge in [-0.3, -0.25) is 9.59 Å². The maximum atomic E-state index is 13.2. The number of hydrogen-bond donors (Lipinski definition) is 1. The third kappa shape index (κ3) is 7.29. The van der Waals surface area contributed by atoms with E-state index in [1.165, 1.54) is 5.56 Å². The fourth-order valence-corrected chi connectivity index (χ4v) is 6.58. The van der Waals surface area contributed by atoms with Gasteiger partial charge in [0.15, 0.2) is 11.6 Å². The van der Waals surface area contributed by atoms with Crippen LogP contribution in [0.25, 0.3) is 0 Å². The molecule has 0 spiro atoms. The van der Waals surface area contributed by atoms with Crippen molar-refractivity contribution in [2.75, 3.05) is 5.75 Å². The lowest BCUT2D eigenvalue weighted by Crippen LogP contribution is -2.31. The van der Waals surface area contributed by atoms with E-state index >= 15 is 0 Å². The monoisotopic (exact) mass is 590 g/mol. The Balaban J connectivity index is 1.28. The van der Waals surface area contributed by atoms with Crippen molar-refractivity contribution in [3.05, 3.63) is 123 Å². The van der Waals surface area contributed by atoms with Gasteiger partial charge >= 0.3 is 0 Å².